The van der Waals surface area contributed by atoms with Gasteiger partial charge in [-0.15, -0.1) is 0 Å². The summed E-state index contributed by atoms with van der Waals surface area (Å²) < 4.78 is 0. The first kappa shape index (κ1) is 14.1. The van der Waals surface area contributed by atoms with Crippen molar-refractivity contribution in [2.45, 2.75) is 6.92 Å². The molecular weight excluding hydrogens is 264 g/mol. The third-order valence-corrected chi connectivity index (χ3v) is 3.01. The molecule has 5 nitrogen and oxygen atoms in total. The molecule has 0 saturated carbocycles. The predicted octanol–water partition coefficient (Wildman–Crippen LogP) is 2.57. The van der Waals surface area contributed by atoms with Crippen LogP contribution in [0.15, 0.2) is 36.4 Å². The number of nitriles is 2. The van der Waals surface area contributed by atoms with Gasteiger partial charge in [-0.05, 0) is 48.9 Å². The van der Waals surface area contributed by atoms with Gasteiger partial charge in [0.1, 0.15) is 12.1 Å². The minimum absolute atomic E-state index is 0.226. The number of aryl methyl sites for hydroxylation is 1. The Morgan fingerprint density at radius 3 is 2.43 bits per heavy atom. The van der Waals surface area contributed by atoms with Crippen LogP contribution < -0.4 is 11.1 Å². The fraction of sp³-hybridized carbons (Fsp3) is 0.0625. The second-order valence-electron chi connectivity index (χ2n) is 4.51. The Bertz CT molecular complexity index is 797. The average molecular weight is 276 g/mol. The van der Waals surface area contributed by atoms with E-state index in [1.807, 2.05) is 12.1 Å². The first-order chi connectivity index (χ1) is 10.0. The lowest BCUT2D eigenvalue weighted by Crippen LogP contribution is -2.13. The number of nitrogens with zero attached hydrogens (tertiary/aromatic N) is 2. The van der Waals surface area contributed by atoms with Crippen molar-refractivity contribution in [1.29, 1.82) is 10.5 Å². The second kappa shape index (κ2) is 5.77. The van der Waals surface area contributed by atoms with E-state index >= 15 is 0 Å². The Balaban J connectivity index is 2.28. The summed E-state index contributed by atoms with van der Waals surface area (Å²) in [4.78, 5) is 12.2. The van der Waals surface area contributed by atoms with Gasteiger partial charge in [0.05, 0.1) is 11.1 Å². The van der Waals surface area contributed by atoms with E-state index in [9.17, 15) is 4.79 Å². The van der Waals surface area contributed by atoms with Crippen LogP contribution in [-0.4, -0.2) is 5.91 Å². The first-order valence-electron chi connectivity index (χ1n) is 6.17. The van der Waals surface area contributed by atoms with Gasteiger partial charge in [0.15, 0.2) is 0 Å². The SMILES string of the molecule is Cc1cc(N)ccc1C(=O)Nc1ccc(C#N)c(C#N)c1. The normalized spacial score (nSPS) is 9.48. The van der Waals surface area contributed by atoms with Crippen LogP contribution in [0.2, 0.25) is 0 Å². The maximum absolute atomic E-state index is 12.2. The Labute approximate surface area is 122 Å². The Kier molecular flexibility index (Phi) is 3.87. The van der Waals surface area contributed by atoms with Gasteiger partial charge >= 0.3 is 0 Å². The van der Waals surface area contributed by atoms with Crippen molar-refractivity contribution in [3.63, 3.8) is 0 Å². The standard InChI is InChI=1S/C16H12N4O/c1-10-6-13(19)3-5-15(10)16(21)20-14-4-2-11(8-17)12(7-14)9-18/h2-7H,19H2,1H3,(H,20,21). The molecule has 21 heavy (non-hydrogen) atoms. The molecule has 0 spiro atoms. The summed E-state index contributed by atoms with van der Waals surface area (Å²) in [6.07, 6.45) is 0. The molecular formula is C16H12N4O. The third-order valence-electron chi connectivity index (χ3n) is 3.01. The molecule has 102 valence electrons. The lowest BCUT2D eigenvalue weighted by Gasteiger charge is -2.09. The van der Waals surface area contributed by atoms with Crippen molar-refractivity contribution >= 4 is 17.3 Å². The van der Waals surface area contributed by atoms with Crippen LogP contribution in [0.1, 0.15) is 27.0 Å². The minimum atomic E-state index is -0.291. The van der Waals surface area contributed by atoms with Gasteiger partial charge in [0.2, 0.25) is 0 Å². The number of nitrogens with one attached hydrogen (secondary N) is 1. The third kappa shape index (κ3) is 2.99. The second-order valence-corrected chi connectivity index (χ2v) is 4.51. The summed E-state index contributed by atoms with van der Waals surface area (Å²) in [6.45, 7) is 1.80. The molecule has 0 fully saturated rings. The zero-order valence-electron chi connectivity index (χ0n) is 11.3. The molecule has 0 aliphatic heterocycles. The maximum atomic E-state index is 12.2. The minimum Gasteiger partial charge on any atom is -0.399 e. The van der Waals surface area contributed by atoms with E-state index in [1.54, 1.807) is 31.2 Å². The lowest BCUT2D eigenvalue weighted by molar-refractivity contribution is 0.102. The molecule has 0 saturated heterocycles. The number of hydrogen-bond donors (Lipinski definition) is 2. The quantitative estimate of drug-likeness (QED) is 0.823. The Hall–Kier alpha value is -3.31. The summed E-state index contributed by atoms with van der Waals surface area (Å²) in [5, 5.41) is 20.5. The monoisotopic (exact) mass is 276 g/mol. The summed E-state index contributed by atoms with van der Waals surface area (Å²) in [5.41, 5.74) is 8.48. The number of rotatable bonds is 2. The van der Waals surface area contributed by atoms with E-state index in [4.69, 9.17) is 16.3 Å². The molecule has 0 atom stereocenters. The Morgan fingerprint density at radius 2 is 1.81 bits per heavy atom. The van der Waals surface area contributed by atoms with Crippen molar-refractivity contribution in [1.82, 2.24) is 0 Å². The molecule has 3 N–H and O–H groups in total. The fourth-order valence-electron chi connectivity index (χ4n) is 1.95. The van der Waals surface area contributed by atoms with Crippen LogP contribution in [0.4, 0.5) is 11.4 Å². The molecule has 0 unspecified atom stereocenters. The number of carbonyl (C=O) groups is 1. The van der Waals surface area contributed by atoms with E-state index < -0.39 is 0 Å². The fourth-order valence-corrected chi connectivity index (χ4v) is 1.95. The van der Waals surface area contributed by atoms with Gasteiger partial charge in [0, 0.05) is 16.9 Å². The van der Waals surface area contributed by atoms with Gasteiger partial charge in [-0.1, -0.05) is 0 Å². The molecule has 0 bridgehead atoms. The molecule has 2 rings (SSSR count). The van der Waals surface area contributed by atoms with Crippen LogP contribution in [0.3, 0.4) is 0 Å². The summed E-state index contributed by atoms with van der Waals surface area (Å²) >= 11 is 0. The molecule has 5 heteroatoms. The summed E-state index contributed by atoms with van der Waals surface area (Å²) in [6, 6.07) is 13.4. The van der Waals surface area contributed by atoms with Crippen LogP contribution in [0.25, 0.3) is 0 Å². The highest BCUT2D eigenvalue weighted by molar-refractivity contribution is 6.05. The van der Waals surface area contributed by atoms with Crippen LogP contribution in [-0.2, 0) is 0 Å². The largest absolute Gasteiger partial charge is 0.399 e. The van der Waals surface area contributed by atoms with Crippen molar-refractivity contribution < 1.29 is 4.79 Å². The molecule has 2 aromatic rings. The molecule has 0 aromatic heterocycles. The van der Waals surface area contributed by atoms with Crippen LogP contribution >= 0.6 is 0 Å². The van der Waals surface area contributed by atoms with E-state index in [-0.39, 0.29) is 17.0 Å². The van der Waals surface area contributed by atoms with Gasteiger partial charge in [-0.3, -0.25) is 4.79 Å². The van der Waals surface area contributed by atoms with E-state index in [1.165, 1.54) is 12.1 Å². The number of carbonyl (C=O) groups excluding carboxylic acids is 1. The number of anilines is 2. The molecule has 0 aliphatic rings. The van der Waals surface area contributed by atoms with Crippen LogP contribution in [0.5, 0.6) is 0 Å². The molecule has 2 aromatic carbocycles. The summed E-state index contributed by atoms with van der Waals surface area (Å²) in [7, 11) is 0. The zero-order valence-corrected chi connectivity index (χ0v) is 11.3. The topological polar surface area (TPSA) is 103 Å². The average Bonchev–Trinajstić information content (AvgIpc) is 2.46. The van der Waals surface area contributed by atoms with Gasteiger partial charge in [-0.2, -0.15) is 10.5 Å². The van der Waals surface area contributed by atoms with Crippen LogP contribution in [0, 0.1) is 29.6 Å². The zero-order chi connectivity index (χ0) is 15.4. The molecule has 0 heterocycles. The number of nitrogens with two attached hydrogens (primary N) is 1. The van der Waals surface area contributed by atoms with E-state index in [2.05, 4.69) is 5.32 Å². The Morgan fingerprint density at radius 1 is 1.10 bits per heavy atom. The van der Waals surface area contributed by atoms with E-state index in [0.717, 1.165) is 5.56 Å². The molecule has 1 amide bonds. The highest BCUT2D eigenvalue weighted by Crippen LogP contribution is 2.18. The van der Waals surface area contributed by atoms with Crippen molar-refractivity contribution in [2.75, 3.05) is 11.1 Å². The van der Waals surface area contributed by atoms with Gasteiger partial charge in [-0.25, -0.2) is 0 Å². The van der Waals surface area contributed by atoms with Crippen molar-refractivity contribution in [2.24, 2.45) is 0 Å². The van der Waals surface area contributed by atoms with E-state index in [0.29, 0.717) is 16.9 Å². The van der Waals surface area contributed by atoms with Crippen molar-refractivity contribution in [3.05, 3.63) is 58.7 Å². The highest BCUT2D eigenvalue weighted by Gasteiger charge is 2.10. The number of hydrogen-bond acceptors (Lipinski definition) is 4. The van der Waals surface area contributed by atoms with Crippen molar-refractivity contribution in [3.8, 4) is 12.1 Å². The maximum Gasteiger partial charge on any atom is 0.255 e. The summed E-state index contributed by atoms with van der Waals surface area (Å²) in [5.74, 6) is -0.291. The number of amides is 1. The van der Waals surface area contributed by atoms with Gasteiger partial charge in [0.25, 0.3) is 5.91 Å². The molecule has 0 radical (unpaired) electrons. The molecule has 0 aliphatic carbocycles. The number of nitrogen functional groups attached to an aromatic ring is 1. The number of benzene rings is 2. The lowest BCUT2D eigenvalue weighted by atomic mass is 10.1. The highest BCUT2D eigenvalue weighted by atomic mass is 16.1. The predicted molar refractivity (Wildman–Crippen MR) is 79.4 cm³/mol. The first-order valence-corrected chi connectivity index (χ1v) is 6.17. The van der Waals surface area contributed by atoms with Gasteiger partial charge < -0.3 is 11.1 Å². The smallest absolute Gasteiger partial charge is 0.255 e.